The molecule has 1 aliphatic rings. The molecule has 88 valence electrons. The standard InChI is InChI=1S/C11H22N2OS/c1-3-6-12-11(15)13-7-4-10(5-8-13)9-14-2/h10H,3-9H2,1-2H3,(H,12,15). The number of thiocarbonyl (C=S) groups is 1. The first-order valence-electron chi connectivity index (χ1n) is 5.79. The lowest BCUT2D eigenvalue weighted by atomic mass is 9.98. The Bertz CT molecular complexity index is 191. The van der Waals surface area contributed by atoms with Gasteiger partial charge in [0.15, 0.2) is 5.11 Å². The van der Waals surface area contributed by atoms with Crippen LogP contribution in [0.1, 0.15) is 26.2 Å². The molecule has 0 aliphatic carbocycles. The van der Waals surface area contributed by atoms with Crippen LogP contribution in [0.5, 0.6) is 0 Å². The largest absolute Gasteiger partial charge is 0.384 e. The molecule has 0 aromatic carbocycles. The molecule has 0 amide bonds. The second-order valence-electron chi connectivity index (χ2n) is 4.12. The maximum atomic E-state index is 5.33. The van der Waals surface area contributed by atoms with Crippen LogP contribution in [-0.4, -0.2) is 43.4 Å². The van der Waals surface area contributed by atoms with Crippen LogP contribution >= 0.6 is 12.2 Å². The molecule has 0 atom stereocenters. The van der Waals surface area contributed by atoms with Crippen molar-refractivity contribution in [1.29, 1.82) is 0 Å². The van der Waals surface area contributed by atoms with Gasteiger partial charge in [0.2, 0.25) is 0 Å². The van der Waals surface area contributed by atoms with Crippen molar-refractivity contribution in [2.24, 2.45) is 5.92 Å². The maximum absolute atomic E-state index is 5.33. The van der Waals surface area contributed by atoms with Crippen LogP contribution in [0.4, 0.5) is 0 Å². The summed E-state index contributed by atoms with van der Waals surface area (Å²) in [6, 6.07) is 0. The molecule has 1 heterocycles. The summed E-state index contributed by atoms with van der Waals surface area (Å²) in [5.41, 5.74) is 0. The van der Waals surface area contributed by atoms with E-state index in [4.69, 9.17) is 17.0 Å². The van der Waals surface area contributed by atoms with Crippen LogP contribution in [0.2, 0.25) is 0 Å². The molecule has 1 saturated heterocycles. The number of hydrogen-bond acceptors (Lipinski definition) is 2. The molecule has 1 N–H and O–H groups in total. The van der Waals surface area contributed by atoms with E-state index in [0.717, 1.165) is 43.7 Å². The highest BCUT2D eigenvalue weighted by atomic mass is 32.1. The fourth-order valence-corrected chi connectivity index (χ4v) is 2.17. The number of likely N-dealkylation sites (tertiary alicyclic amines) is 1. The van der Waals surface area contributed by atoms with Crippen molar-refractivity contribution in [2.75, 3.05) is 33.4 Å². The molecule has 0 bridgehead atoms. The minimum absolute atomic E-state index is 0.722. The van der Waals surface area contributed by atoms with Crippen molar-refractivity contribution in [2.45, 2.75) is 26.2 Å². The molecule has 0 aromatic heterocycles. The zero-order chi connectivity index (χ0) is 11.1. The second kappa shape index (κ2) is 7.01. The molecule has 3 nitrogen and oxygen atoms in total. The number of methoxy groups -OCH3 is 1. The highest BCUT2D eigenvalue weighted by Gasteiger charge is 2.20. The minimum Gasteiger partial charge on any atom is -0.384 e. The quantitative estimate of drug-likeness (QED) is 0.742. The van der Waals surface area contributed by atoms with E-state index in [-0.39, 0.29) is 0 Å². The average molecular weight is 230 g/mol. The van der Waals surface area contributed by atoms with Crippen LogP contribution in [0, 0.1) is 5.92 Å². The molecular formula is C11H22N2OS. The zero-order valence-corrected chi connectivity index (χ0v) is 10.6. The normalized spacial score (nSPS) is 17.9. The van der Waals surface area contributed by atoms with Gasteiger partial charge in [-0.1, -0.05) is 6.92 Å². The lowest BCUT2D eigenvalue weighted by molar-refractivity contribution is 0.119. The maximum Gasteiger partial charge on any atom is 0.168 e. The first-order chi connectivity index (χ1) is 7.27. The molecular weight excluding hydrogens is 208 g/mol. The predicted molar refractivity (Wildman–Crippen MR) is 67.1 cm³/mol. The molecule has 0 unspecified atom stereocenters. The number of rotatable bonds is 4. The van der Waals surface area contributed by atoms with Gasteiger partial charge in [-0.05, 0) is 37.4 Å². The highest BCUT2D eigenvalue weighted by molar-refractivity contribution is 7.80. The smallest absolute Gasteiger partial charge is 0.168 e. The van der Waals surface area contributed by atoms with Crippen LogP contribution in [-0.2, 0) is 4.74 Å². The van der Waals surface area contributed by atoms with Crippen molar-refractivity contribution in [3.63, 3.8) is 0 Å². The van der Waals surface area contributed by atoms with Gasteiger partial charge >= 0.3 is 0 Å². The lowest BCUT2D eigenvalue weighted by Crippen LogP contribution is -2.44. The highest BCUT2D eigenvalue weighted by Crippen LogP contribution is 2.17. The van der Waals surface area contributed by atoms with E-state index in [1.54, 1.807) is 7.11 Å². The SMILES string of the molecule is CCCNC(=S)N1CCC(COC)CC1. The molecule has 0 aromatic rings. The lowest BCUT2D eigenvalue weighted by Gasteiger charge is -2.33. The Balaban J connectivity index is 2.21. The Morgan fingerprint density at radius 2 is 2.13 bits per heavy atom. The van der Waals surface area contributed by atoms with Crippen molar-refractivity contribution in [1.82, 2.24) is 10.2 Å². The van der Waals surface area contributed by atoms with Gasteiger partial charge in [0.25, 0.3) is 0 Å². The summed E-state index contributed by atoms with van der Waals surface area (Å²) in [7, 11) is 1.78. The fraction of sp³-hybridized carbons (Fsp3) is 0.909. The molecule has 15 heavy (non-hydrogen) atoms. The second-order valence-corrected chi connectivity index (χ2v) is 4.50. The Labute approximate surface area is 98.2 Å². The molecule has 1 aliphatic heterocycles. The Morgan fingerprint density at radius 3 is 2.67 bits per heavy atom. The van der Waals surface area contributed by atoms with Gasteiger partial charge in [-0.25, -0.2) is 0 Å². The molecule has 0 radical (unpaired) electrons. The Hall–Kier alpha value is -0.350. The average Bonchev–Trinajstić information content (AvgIpc) is 2.27. The first-order valence-corrected chi connectivity index (χ1v) is 6.20. The third-order valence-corrected chi connectivity index (χ3v) is 3.23. The van der Waals surface area contributed by atoms with E-state index in [9.17, 15) is 0 Å². The van der Waals surface area contributed by atoms with Gasteiger partial charge in [0.05, 0.1) is 0 Å². The van der Waals surface area contributed by atoms with E-state index < -0.39 is 0 Å². The van der Waals surface area contributed by atoms with Crippen LogP contribution in [0.25, 0.3) is 0 Å². The number of hydrogen-bond donors (Lipinski definition) is 1. The number of ether oxygens (including phenoxy) is 1. The summed E-state index contributed by atoms with van der Waals surface area (Å²) in [5, 5.41) is 4.20. The number of nitrogens with one attached hydrogen (secondary N) is 1. The summed E-state index contributed by atoms with van der Waals surface area (Å²) in [5.74, 6) is 0.722. The van der Waals surface area contributed by atoms with Gasteiger partial charge in [-0.2, -0.15) is 0 Å². The van der Waals surface area contributed by atoms with Crippen LogP contribution in [0.3, 0.4) is 0 Å². The van der Waals surface area contributed by atoms with Gasteiger partial charge in [-0.15, -0.1) is 0 Å². The first kappa shape index (κ1) is 12.7. The zero-order valence-electron chi connectivity index (χ0n) is 9.79. The van der Waals surface area contributed by atoms with Crippen molar-refractivity contribution in [3.05, 3.63) is 0 Å². The molecule has 0 spiro atoms. The van der Waals surface area contributed by atoms with Crippen molar-refractivity contribution >= 4 is 17.3 Å². The topological polar surface area (TPSA) is 24.5 Å². The monoisotopic (exact) mass is 230 g/mol. The summed E-state index contributed by atoms with van der Waals surface area (Å²) in [4.78, 5) is 2.27. The third kappa shape index (κ3) is 4.34. The Morgan fingerprint density at radius 1 is 1.47 bits per heavy atom. The van der Waals surface area contributed by atoms with Crippen molar-refractivity contribution < 1.29 is 4.74 Å². The van der Waals surface area contributed by atoms with E-state index in [1.165, 1.54) is 12.8 Å². The predicted octanol–water partition coefficient (Wildman–Crippen LogP) is 1.63. The summed E-state index contributed by atoms with van der Waals surface area (Å²) in [6.07, 6.45) is 3.52. The van der Waals surface area contributed by atoms with Crippen molar-refractivity contribution in [3.8, 4) is 0 Å². The van der Waals surface area contributed by atoms with Crippen LogP contribution in [0.15, 0.2) is 0 Å². The van der Waals surface area contributed by atoms with E-state index in [2.05, 4.69) is 17.1 Å². The van der Waals surface area contributed by atoms with Crippen LogP contribution < -0.4 is 5.32 Å². The molecule has 4 heteroatoms. The van der Waals surface area contributed by atoms with E-state index >= 15 is 0 Å². The third-order valence-electron chi connectivity index (χ3n) is 2.83. The fourth-order valence-electron chi connectivity index (χ4n) is 1.88. The van der Waals surface area contributed by atoms with Gasteiger partial charge < -0.3 is 15.0 Å². The van der Waals surface area contributed by atoms with E-state index in [0.29, 0.717) is 0 Å². The summed E-state index contributed by atoms with van der Waals surface area (Å²) < 4.78 is 5.17. The molecule has 1 fully saturated rings. The summed E-state index contributed by atoms with van der Waals surface area (Å²) in [6.45, 7) is 6.17. The molecule has 1 rings (SSSR count). The van der Waals surface area contributed by atoms with Gasteiger partial charge in [-0.3, -0.25) is 0 Å². The summed E-state index contributed by atoms with van der Waals surface area (Å²) >= 11 is 5.33. The van der Waals surface area contributed by atoms with E-state index in [1.807, 2.05) is 0 Å². The number of piperidine rings is 1. The van der Waals surface area contributed by atoms with Gasteiger partial charge in [0.1, 0.15) is 0 Å². The Kier molecular flexibility index (Phi) is 5.95. The molecule has 0 saturated carbocycles. The number of nitrogens with zero attached hydrogens (tertiary/aromatic N) is 1. The minimum atomic E-state index is 0.722. The van der Waals surface area contributed by atoms with Gasteiger partial charge in [0, 0.05) is 33.4 Å².